The van der Waals surface area contributed by atoms with Crippen molar-refractivity contribution in [1.29, 1.82) is 0 Å². The summed E-state index contributed by atoms with van der Waals surface area (Å²) in [6.07, 6.45) is 3.84. The fourth-order valence-electron chi connectivity index (χ4n) is 3.23. The number of sulfonamides is 1. The molecule has 0 bridgehead atoms. The number of carbonyl (C=O) groups is 2. The van der Waals surface area contributed by atoms with Crippen LogP contribution in [-0.2, 0) is 14.8 Å². The van der Waals surface area contributed by atoms with Gasteiger partial charge in [0, 0.05) is 11.6 Å². The second-order valence-electron chi connectivity index (χ2n) is 7.45. The molecule has 0 saturated heterocycles. The molecule has 0 atom stereocenters. The Kier molecular flexibility index (Phi) is 5.07. The van der Waals surface area contributed by atoms with Crippen LogP contribution in [0.2, 0.25) is 0 Å². The van der Waals surface area contributed by atoms with Crippen LogP contribution in [0.25, 0.3) is 0 Å². The molecule has 1 aromatic carbocycles. The van der Waals surface area contributed by atoms with E-state index < -0.39 is 27.4 Å². The number of nitrogens with one attached hydrogen (secondary N) is 2. The minimum absolute atomic E-state index is 0.0127. The van der Waals surface area contributed by atoms with Crippen LogP contribution in [0.5, 0.6) is 0 Å². The number of benzene rings is 1. The molecule has 0 unspecified atom stereocenters. The molecular weight excluding hydrogens is 356 g/mol. The Morgan fingerprint density at radius 3 is 2.38 bits per heavy atom. The first-order chi connectivity index (χ1) is 12.2. The molecule has 2 aliphatic rings. The first kappa shape index (κ1) is 18.8. The van der Waals surface area contributed by atoms with Gasteiger partial charge in [0.1, 0.15) is 5.54 Å². The fourth-order valence-corrected chi connectivity index (χ4v) is 4.58. The summed E-state index contributed by atoms with van der Waals surface area (Å²) in [6, 6.07) is 5.67. The molecule has 3 rings (SSSR count). The predicted octanol–water partition coefficient (Wildman–Crippen LogP) is 1.89. The van der Waals surface area contributed by atoms with Gasteiger partial charge in [-0.25, -0.2) is 17.9 Å². The van der Waals surface area contributed by atoms with Crippen LogP contribution in [0.15, 0.2) is 29.2 Å². The standard InChI is InChI=1S/C18H24N2O5S/c1-12-7-9-18(10-8-12,17(22)23)19-16(21)13-3-2-4-15(11-13)26(24,25)20-14-5-6-14/h2-4,11-12,14,20H,5-10H2,1H3,(H,19,21)(H,22,23). The van der Waals surface area contributed by atoms with Gasteiger partial charge in [0.2, 0.25) is 10.0 Å². The molecule has 0 aliphatic heterocycles. The largest absolute Gasteiger partial charge is 0.480 e. The van der Waals surface area contributed by atoms with Gasteiger partial charge in [-0.3, -0.25) is 4.79 Å². The lowest BCUT2D eigenvalue weighted by molar-refractivity contribution is -0.146. The number of hydrogen-bond acceptors (Lipinski definition) is 4. The smallest absolute Gasteiger partial charge is 0.329 e. The fraction of sp³-hybridized carbons (Fsp3) is 0.556. The lowest BCUT2D eigenvalue weighted by Crippen LogP contribution is -2.56. The molecule has 142 valence electrons. The summed E-state index contributed by atoms with van der Waals surface area (Å²) in [5, 5.41) is 12.3. The molecule has 2 fully saturated rings. The molecule has 0 spiro atoms. The Hall–Kier alpha value is -1.93. The molecule has 0 heterocycles. The first-order valence-corrected chi connectivity index (χ1v) is 10.4. The summed E-state index contributed by atoms with van der Waals surface area (Å²) < 4.78 is 27.2. The van der Waals surface area contributed by atoms with Crippen molar-refractivity contribution < 1.29 is 23.1 Å². The molecular formula is C18H24N2O5S. The zero-order chi connectivity index (χ0) is 18.9. The molecule has 2 aliphatic carbocycles. The third kappa shape index (κ3) is 4.07. The maximum Gasteiger partial charge on any atom is 0.329 e. The average Bonchev–Trinajstić information content (AvgIpc) is 3.40. The van der Waals surface area contributed by atoms with Gasteiger partial charge in [-0.15, -0.1) is 0 Å². The highest BCUT2D eigenvalue weighted by atomic mass is 32.2. The number of carbonyl (C=O) groups excluding carboxylic acids is 1. The number of carboxylic acid groups (broad SMARTS) is 1. The van der Waals surface area contributed by atoms with Crippen LogP contribution in [0.3, 0.4) is 0 Å². The van der Waals surface area contributed by atoms with Crippen molar-refractivity contribution >= 4 is 21.9 Å². The van der Waals surface area contributed by atoms with Gasteiger partial charge >= 0.3 is 5.97 Å². The van der Waals surface area contributed by atoms with E-state index in [1.54, 1.807) is 0 Å². The summed E-state index contributed by atoms with van der Waals surface area (Å²) in [7, 11) is -3.67. The third-order valence-electron chi connectivity index (χ3n) is 5.20. The summed E-state index contributed by atoms with van der Waals surface area (Å²) in [6.45, 7) is 2.06. The Morgan fingerprint density at radius 2 is 1.81 bits per heavy atom. The lowest BCUT2D eigenvalue weighted by Gasteiger charge is -2.36. The van der Waals surface area contributed by atoms with Crippen molar-refractivity contribution in [1.82, 2.24) is 10.0 Å². The molecule has 26 heavy (non-hydrogen) atoms. The van der Waals surface area contributed by atoms with Crippen molar-refractivity contribution in [3.05, 3.63) is 29.8 Å². The predicted molar refractivity (Wildman–Crippen MR) is 95.3 cm³/mol. The van der Waals surface area contributed by atoms with E-state index in [1.807, 2.05) is 0 Å². The number of aliphatic carboxylic acids is 1. The molecule has 3 N–H and O–H groups in total. The molecule has 7 nitrogen and oxygen atoms in total. The van der Waals surface area contributed by atoms with Gasteiger partial charge in [0.15, 0.2) is 0 Å². The Balaban J connectivity index is 1.79. The van der Waals surface area contributed by atoms with E-state index in [2.05, 4.69) is 17.0 Å². The van der Waals surface area contributed by atoms with Crippen LogP contribution < -0.4 is 10.0 Å². The molecule has 1 amide bonds. The topological polar surface area (TPSA) is 113 Å². The maximum atomic E-state index is 12.6. The van der Waals surface area contributed by atoms with E-state index in [-0.39, 0.29) is 16.5 Å². The average molecular weight is 380 g/mol. The van der Waals surface area contributed by atoms with Gasteiger partial charge < -0.3 is 10.4 Å². The van der Waals surface area contributed by atoms with Gasteiger partial charge in [-0.05, 0) is 62.6 Å². The van der Waals surface area contributed by atoms with E-state index in [0.29, 0.717) is 18.8 Å². The third-order valence-corrected chi connectivity index (χ3v) is 6.71. The SMILES string of the molecule is CC1CCC(NC(=O)c2cccc(S(=O)(=O)NC3CC3)c2)(C(=O)O)CC1. The zero-order valence-corrected chi connectivity index (χ0v) is 15.5. The van der Waals surface area contributed by atoms with Crippen LogP contribution in [0, 0.1) is 5.92 Å². The molecule has 2 saturated carbocycles. The first-order valence-electron chi connectivity index (χ1n) is 8.90. The van der Waals surface area contributed by atoms with Crippen LogP contribution in [0.1, 0.15) is 55.8 Å². The van der Waals surface area contributed by atoms with Crippen LogP contribution in [-0.4, -0.2) is 37.0 Å². The monoisotopic (exact) mass is 380 g/mol. The van der Waals surface area contributed by atoms with Crippen molar-refractivity contribution in [2.24, 2.45) is 5.92 Å². The summed E-state index contributed by atoms with van der Waals surface area (Å²) in [5.74, 6) is -1.18. The minimum Gasteiger partial charge on any atom is -0.480 e. The van der Waals surface area contributed by atoms with Crippen molar-refractivity contribution in [3.8, 4) is 0 Å². The maximum absolute atomic E-state index is 12.6. The second kappa shape index (κ2) is 7.00. The van der Waals surface area contributed by atoms with E-state index in [4.69, 9.17) is 0 Å². The number of rotatable bonds is 6. The van der Waals surface area contributed by atoms with Crippen LogP contribution in [0.4, 0.5) is 0 Å². The quantitative estimate of drug-likeness (QED) is 0.698. The van der Waals surface area contributed by atoms with Crippen molar-refractivity contribution in [3.63, 3.8) is 0 Å². The second-order valence-corrected chi connectivity index (χ2v) is 9.16. The van der Waals surface area contributed by atoms with E-state index in [1.165, 1.54) is 24.3 Å². The number of carboxylic acids is 1. The highest BCUT2D eigenvalue weighted by Gasteiger charge is 2.42. The minimum atomic E-state index is -3.67. The molecule has 0 radical (unpaired) electrons. The summed E-state index contributed by atoms with van der Waals surface area (Å²) in [4.78, 5) is 24.4. The Morgan fingerprint density at radius 1 is 1.15 bits per heavy atom. The van der Waals surface area contributed by atoms with Crippen molar-refractivity contribution in [2.75, 3.05) is 0 Å². The normalized spacial score (nSPS) is 26.3. The molecule has 8 heteroatoms. The van der Waals surface area contributed by atoms with Gasteiger partial charge in [0.25, 0.3) is 5.91 Å². The Bertz CT molecular complexity index is 809. The molecule has 1 aromatic rings. The van der Waals surface area contributed by atoms with Crippen LogP contribution >= 0.6 is 0 Å². The lowest BCUT2D eigenvalue weighted by atomic mass is 9.77. The highest BCUT2D eigenvalue weighted by molar-refractivity contribution is 7.89. The summed E-state index contributed by atoms with van der Waals surface area (Å²) >= 11 is 0. The van der Waals surface area contributed by atoms with E-state index in [0.717, 1.165) is 25.7 Å². The van der Waals surface area contributed by atoms with Gasteiger partial charge in [0.05, 0.1) is 4.90 Å². The highest BCUT2D eigenvalue weighted by Crippen LogP contribution is 2.32. The van der Waals surface area contributed by atoms with Gasteiger partial charge in [-0.1, -0.05) is 13.0 Å². The summed E-state index contributed by atoms with van der Waals surface area (Å²) in [5.41, 5.74) is -1.15. The van der Waals surface area contributed by atoms with E-state index in [9.17, 15) is 23.1 Å². The zero-order valence-electron chi connectivity index (χ0n) is 14.7. The number of amides is 1. The van der Waals surface area contributed by atoms with Crippen molar-refractivity contribution in [2.45, 2.75) is 61.9 Å². The Labute approximate surface area is 153 Å². The van der Waals surface area contributed by atoms with Gasteiger partial charge in [-0.2, -0.15) is 0 Å². The van der Waals surface area contributed by atoms with E-state index >= 15 is 0 Å². The molecule has 0 aromatic heterocycles. The number of hydrogen-bond donors (Lipinski definition) is 3.